The third-order valence-corrected chi connectivity index (χ3v) is 3.00. The standard InChI is InChI=1S/C16H19NO3/c1-11-14(18)10-13(12-8-6-5-7-9-12)17(11)15(19)20-16(2,3)4/h5-11H,1-4H3/t11-/m0/s1. The van der Waals surface area contributed by atoms with Gasteiger partial charge in [0.1, 0.15) is 11.6 Å². The highest BCUT2D eigenvalue weighted by Gasteiger charge is 2.37. The number of rotatable bonds is 1. The van der Waals surface area contributed by atoms with Gasteiger partial charge in [0.2, 0.25) is 0 Å². The molecule has 0 fully saturated rings. The molecule has 0 saturated carbocycles. The van der Waals surface area contributed by atoms with E-state index in [1.807, 2.05) is 30.3 Å². The van der Waals surface area contributed by atoms with Gasteiger partial charge in [0.15, 0.2) is 5.78 Å². The van der Waals surface area contributed by atoms with Gasteiger partial charge in [-0.05, 0) is 33.3 Å². The Kier molecular flexibility index (Phi) is 3.66. The topological polar surface area (TPSA) is 46.6 Å². The quantitative estimate of drug-likeness (QED) is 0.789. The number of ketones is 1. The Labute approximate surface area is 119 Å². The lowest BCUT2D eigenvalue weighted by Crippen LogP contribution is -2.40. The van der Waals surface area contributed by atoms with Crippen molar-refractivity contribution in [2.45, 2.75) is 39.3 Å². The maximum Gasteiger partial charge on any atom is 0.415 e. The summed E-state index contributed by atoms with van der Waals surface area (Å²) in [6, 6.07) is 8.85. The van der Waals surface area contributed by atoms with Gasteiger partial charge in [-0.1, -0.05) is 30.3 Å². The molecule has 0 unspecified atom stereocenters. The van der Waals surface area contributed by atoms with E-state index in [4.69, 9.17) is 4.74 Å². The summed E-state index contributed by atoms with van der Waals surface area (Å²) in [5.74, 6) is -0.0882. The Bertz CT molecular complexity index is 555. The van der Waals surface area contributed by atoms with Gasteiger partial charge in [-0.3, -0.25) is 9.69 Å². The number of carbonyl (C=O) groups excluding carboxylic acids is 2. The van der Waals surface area contributed by atoms with Crippen molar-refractivity contribution in [3.63, 3.8) is 0 Å². The van der Waals surface area contributed by atoms with Crippen LogP contribution < -0.4 is 0 Å². The molecule has 0 aliphatic carbocycles. The van der Waals surface area contributed by atoms with Gasteiger partial charge >= 0.3 is 6.09 Å². The van der Waals surface area contributed by atoms with Crippen LogP contribution in [0.15, 0.2) is 36.4 Å². The normalized spacial score (nSPS) is 19.0. The minimum atomic E-state index is -0.593. The summed E-state index contributed by atoms with van der Waals surface area (Å²) in [6.07, 6.45) is 1.01. The Hall–Kier alpha value is -2.10. The van der Waals surface area contributed by atoms with Crippen LogP contribution in [0.1, 0.15) is 33.3 Å². The first-order chi connectivity index (χ1) is 9.29. The molecule has 1 aliphatic heterocycles. The van der Waals surface area contributed by atoms with Crippen LogP contribution in [0.2, 0.25) is 0 Å². The maximum absolute atomic E-state index is 12.3. The molecule has 1 aromatic carbocycles. The van der Waals surface area contributed by atoms with Crippen LogP contribution in [-0.4, -0.2) is 28.4 Å². The summed E-state index contributed by atoms with van der Waals surface area (Å²) in [6.45, 7) is 7.12. The number of ether oxygens (including phenoxy) is 1. The van der Waals surface area contributed by atoms with E-state index in [2.05, 4.69) is 0 Å². The van der Waals surface area contributed by atoms with E-state index in [9.17, 15) is 9.59 Å². The van der Waals surface area contributed by atoms with Gasteiger partial charge in [0.25, 0.3) is 0 Å². The molecule has 1 amide bonds. The molecule has 1 heterocycles. The van der Waals surface area contributed by atoms with Crippen LogP contribution in [-0.2, 0) is 9.53 Å². The maximum atomic E-state index is 12.3. The number of hydrogen-bond donors (Lipinski definition) is 0. The lowest BCUT2D eigenvalue weighted by atomic mass is 10.1. The van der Waals surface area contributed by atoms with E-state index in [1.165, 1.54) is 11.0 Å². The number of benzene rings is 1. The summed E-state index contributed by atoms with van der Waals surface area (Å²) in [5.41, 5.74) is 0.831. The summed E-state index contributed by atoms with van der Waals surface area (Å²) in [4.78, 5) is 25.6. The highest BCUT2D eigenvalue weighted by molar-refractivity contribution is 6.08. The molecule has 2 rings (SSSR count). The van der Waals surface area contributed by atoms with E-state index in [-0.39, 0.29) is 5.78 Å². The summed E-state index contributed by atoms with van der Waals surface area (Å²) in [7, 11) is 0. The largest absolute Gasteiger partial charge is 0.443 e. The molecule has 20 heavy (non-hydrogen) atoms. The molecular formula is C16H19NO3. The molecule has 1 atom stereocenters. The first-order valence-corrected chi connectivity index (χ1v) is 6.63. The first kappa shape index (κ1) is 14.3. The van der Waals surface area contributed by atoms with Crippen molar-refractivity contribution in [3.8, 4) is 0 Å². The van der Waals surface area contributed by atoms with Gasteiger partial charge < -0.3 is 4.74 Å². The van der Waals surface area contributed by atoms with E-state index < -0.39 is 17.7 Å². The number of amides is 1. The Morgan fingerprint density at radius 1 is 1.20 bits per heavy atom. The molecule has 0 bridgehead atoms. The van der Waals surface area contributed by atoms with Crippen molar-refractivity contribution in [2.24, 2.45) is 0 Å². The lowest BCUT2D eigenvalue weighted by Gasteiger charge is -2.28. The molecule has 0 N–H and O–H groups in total. The van der Waals surface area contributed by atoms with Crippen molar-refractivity contribution < 1.29 is 14.3 Å². The Morgan fingerprint density at radius 2 is 1.80 bits per heavy atom. The lowest BCUT2D eigenvalue weighted by molar-refractivity contribution is -0.116. The fourth-order valence-corrected chi connectivity index (χ4v) is 2.06. The molecule has 1 aromatic rings. The predicted molar refractivity (Wildman–Crippen MR) is 77.0 cm³/mol. The summed E-state index contributed by atoms with van der Waals surface area (Å²) in [5, 5.41) is 0. The van der Waals surface area contributed by atoms with Crippen molar-refractivity contribution in [1.82, 2.24) is 4.90 Å². The highest BCUT2D eigenvalue weighted by atomic mass is 16.6. The van der Waals surface area contributed by atoms with E-state index in [1.54, 1.807) is 27.7 Å². The Morgan fingerprint density at radius 3 is 2.35 bits per heavy atom. The first-order valence-electron chi connectivity index (χ1n) is 6.63. The third kappa shape index (κ3) is 2.90. The molecule has 4 heteroatoms. The average Bonchev–Trinajstić information content (AvgIpc) is 2.65. The van der Waals surface area contributed by atoms with Crippen LogP contribution >= 0.6 is 0 Å². The van der Waals surface area contributed by atoms with Crippen LogP contribution in [0.3, 0.4) is 0 Å². The van der Waals surface area contributed by atoms with Gasteiger partial charge in [-0.25, -0.2) is 4.79 Å². The SMILES string of the molecule is C[C@H]1C(=O)C=C(c2ccccc2)N1C(=O)OC(C)(C)C. The van der Waals surface area contributed by atoms with Crippen LogP contribution in [0, 0.1) is 0 Å². The molecule has 0 spiro atoms. The summed E-state index contributed by atoms with van der Waals surface area (Å²) >= 11 is 0. The molecule has 0 radical (unpaired) electrons. The number of hydrogen-bond acceptors (Lipinski definition) is 3. The molecular weight excluding hydrogens is 254 g/mol. The zero-order valence-electron chi connectivity index (χ0n) is 12.2. The average molecular weight is 273 g/mol. The van der Waals surface area contributed by atoms with Crippen molar-refractivity contribution in [1.29, 1.82) is 0 Å². The monoisotopic (exact) mass is 273 g/mol. The molecule has 1 aliphatic rings. The van der Waals surface area contributed by atoms with Gasteiger partial charge in [-0.2, -0.15) is 0 Å². The van der Waals surface area contributed by atoms with E-state index in [0.717, 1.165) is 5.56 Å². The minimum absolute atomic E-state index is 0.0882. The van der Waals surface area contributed by atoms with E-state index in [0.29, 0.717) is 5.70 Å². The van der Waals surface area contributed by atoms with Crippen molar-refractivity contribution in [3.05, 3.63) is 42.0 Å². The fraction of sp³-hybridized carbons (Fsp3) is 0.375. The van der Waals surface area contributed by atoms with Crippen LogP contribution in [0.5, 0.6) is 0 Å². The fourth-order valence-electron chi connectivity index (χ4n) is 2.06. The number of carbonyl (C=O) groups is 2. The smallest absolute Gasteiger partial charge is 0.415 e. The van der Waals surface area contributed by atoms with Gasteiger partial charge in [0.05, 0.1) is 5.70 Å². The molecule has 106 valence electrons. The van der Waals surface area contributed by atoms with Gasteiger partial charge in [-0.15, -0.1) is 0 Å². The second kappa shape index (κ2) is 5.12. The highest BCUT2D eigenvalue weighted by Crippen LogP contribution is 2.29. The Balaban J connectivity index is 2.33. The molecule has 4 nitrogen and oxygen atoms in total. The minimum Gasteiger partial charge on any atom is -0.443 e. The zero-order valence-corrected chi connectivity index (χ0v) is 12.2. The van der Waals surface area contributed by atoms with Crippen molar-refractivity contribution in [2.75, 3.05) is 0 Å². The third-order valence-electron chi connectivity index (χ3n) is 3.00. The van der Waals surface area contributed by atoms with Gasteiger partial charge in [0, 0.05) is 6.08 Å². The predicted octanol–water partition coefficient (Wildman–Crippen LogP) is 3.24. The molecule has 0 saturated heterocycles. The van der Waals surface area contributed by atoms with Crippen molar-refractivity contribution >= 4 is 17.6 Å². The van der Waals surface area contributed by atoms with E-state index >= 15 is 0 Å². The second-order valence-corrected chi connectivity index (χ2v) is 5.82. The number of nitrogens with zero attached hydrogens (tertiary/aromatic N) is 1. The zero-order chi connectivity index (χ0) is 14.9. The molecule has 0 aromatic heterocycles. The summed E-state index contributed by atoms with van der Waals surface area (Å²) < 4.78 is 5.39. The second-order valence-electron chi connectivity index (χ2n) is 5.82. The van der Waals surface area contributed by atoms with Crippen LogP contribution in [0.4, 0.5) is 4.79 Å². The van der Waals surface area contributed by atoms with Crippen LogP contribution in [0.25, 0.3) is 5.70 Å².